The molecule has 3 rings (SSSR count). The van der Waals surface area contributed by atoms with E-state index in [1.165, 1.54) is 24.1 Å². The number of thiazole rings is 1. The third-order valence-electron chi connectivity index (χ3n) is 4.60. The van der Waals surface area contributed by atoms with Crippen LogP contribution in [-0.4, -0.2) is 31.2 Å². The highest BCUT2D eigenvalue weighted by atomic mass is 32.1. The molecule has 1 aromatic rings. The summed E-state index contributed by atoms with van der Waals surface area (Å²) in [5, 5.41) is 1.07. The number of carbonyl (C=O) groups is 1. The van der Waals surface area contributed by atoms with Gasteiger partial charge in [0.15, 0.2) is 5.13 Å². The lowest BCUT2D eigenvalue weighted by Crippen LogP contribution is -2.29. The number of rotatable bonds is 5. The molecule has 0 aliphatic heterocycles. The first-order valence-electron chi connectivity index (χ1n) is 8.06. The van der Waals surface area contributed by atoms with Gasteiger partial charge in [0, 0.05) is 18.5 Å². The van der Waals surface area contributed by atoms with Crippen LogP contribution in [0.25, 0.3) is 0 Å². The Kier molecular flexibility index (Phi) is 4.48. The molecular weight excluding hydrogens is 284 g/mol. The molecule has 1 fully saturated rings. The lowest BCUT2D eigenvalue weighted by atomic mass is 9.85. The van der Waals surface area contributed by atoms with Gasteiger partial charge in [-0.1, -0.05) is 6.42 Å². The van der Waals surface area contributed by atoms with Gasteiger partial charge in [-0.15, -0.1) is 11.3 Å². The number of carbonyl (C=O) groups excluding carboxylic acids is 1. The average Bonchev–Trinajstić information content (AvgIpc) is 2.86. The van der Waals surface area contributed by atoms with Crippen molar-refractivity contribution in [3.63, 3.8) is 0 Å². The third kappa shape index (κ3) is 3.07. The number of anilines is 1. The van der Waals surface area contributed by atoms with E-state index in [2.05, 4.69) is 11.9 Å². The summed E-state index contributed by atoms with van der Waals surface area (Å²) in [5.41, 5.74) is 0.986. The predicted molar refractivity (Wildman–Crippen MR) is 85.0 cm³/mol. The maximum Gasteiger partial charge on any atom is 0.315 e. The van der Waals surface area contributed by atoms with E-state index in [-0.39, 0.29) is 11.9 Å². The molecule has 0 saturated heterocycles. The van der Waals surface area contributed by atoms with Gasteiger partial charge >= 0.3 is 5.97 Å². The second-order valence-electron chi connectivity index (χ2n) is 6.18. The summed E-state index contributed by atoms with van der Waals surface area (Å²) >= 11 is 1.77. The molecule has 4 nitrogen and oxygen atoms in total. The number of esters is 1. The van der Waals surface area contributed by atoms with E-state index in [9.17, 15) is 4.79 Å². The van der Waals surface area contributed by atoms with Gasteiger partial charge < -0.3 is 9.64 Å². The highest BCUT2D eigenvalue weighted by molar-refractivity contribution is 7.15. The van der Waals surface area contributed by atoms with Crippen molar-refractivity contribution in [1.29, 1.82) is 0 Å². The zero-order valence-corrected chi connectivity index (χ0v) is 13.7. The molecule has 0 radical (unpaired) electrons. The minimum atomic E-state index is -0.143. The first kappa shape index (κ1) is 14.8. The van der Waals surface area contributed by atoms with E-state index in [1.54, 1.807) is 11.3 Å². The van der Waals surface area contributed by atoms with Crippen molar-refractivity contribution in [2.24, 2.45) is 5.92 Å². The van der Waals surface area contributed by atoms with Crippen molar-refractivity contribution in [2.45, 2.75) is 51.4 Å². The summed E-state index contributed by atoms with van der Waals surface area (Å²) in [6.07, 6.45) is 7.06. The van der Waals surface area contributed by atoms with Gasteiger partial charge in [0.2, 0.25) is 0 Å². The number of ether oxygens (including phenoxy) is 1. The Morgan fingerprint density at radius 2 is 2.19 bits per heavy atom. The van der Waals surface area contributed by atoms with Crippen LogP contribution >= 0.6 is 11.3 Å². The third-order valence-corrected chi connectivity index (χ3v) is 5.84. The van der Waals surface area contributed by atoms with Gasteiger partial charge in [0.1, 0.15) is 5.92 Å². The van der Waals surface area contributed by atoms with Gasteiger partial charge in [0.25, 0.3) is 0 Å². The molecule has 1 saturated carbocycles. The molecule has 116 valence electrons. The van der Waals surface area contributed by atoms with Gasteiger partial charge in [-0.2, -0.15) is 0 Å². The molecule has 0 amide bonds. The Bertz CT molecular complexity index is 510. The lowest BCUT2D eigenvalue weighted by Gasteiger charge is -2.29. The maximum atomic E-state index is 12.1. The predicted octanol–water partition coefficient (Wildman–Crippen LogP) is 3.36. The SMILES string of the molecule is CCOC(=O)C1CCCc2sc(N(C)CC3CCC3)nc21. The zero-order valence-electron chi connectivity index (χ0n) is 12.9. The van der Waals surface area contributed by atoms with Crippen LogP contribution < -0.4 is 4.90 Å². The standard InChI is InChI=1S/C16H24N2O2S/c1-3-20-15(19)12-8-5-9-13-14(12)17-16(21-13)18(2)10-11-6-4-7-11/h11-12H,3-10H2,1-2H3. The Morgan fingerprint density at radius 3 is 2.86 bits per heavy atom. The fourth-order valence-corrected chi connectivity index (χ4v) is 4.32. The minimum Gasteiger partial charge on any atom is -0.465 e. The lowest BCUT2D eigenvalue weighted by molar-refractivity contribution is -0.145. The molecular formula is C16H24N2O2S. The molecule has 1 unspecified atom stereocenters. The van der Waals surface area contributed by atoms with Crippen LogP contribution in [0.5, 0.6) is 0 Å². The summed E-state index contributed by atoms with van der Waals surface area (Å²) in [4.78, 5) is 20.5. The number of aryl methyl sites for hydroxylation is 1. The van der Waals surface area contributed by atoms with Crippen LogP contribution in [0, 0.1) is 5.92 Å². The van der Waals surface area contributed by atoms with Crippen LogP contribution in [0.1, 0.15) is 55.5 Å². The van der Waals surface area contributed by atoms with Gasteiger partial charge in [-0.05, 0) is 44.9 Å². The summed E-state index contributed by atoms with van der Waals surface area (Å²) in [6.45, 7) is 3.40. The minimum absolute atomic E-state index is 0.100. The van der Waals surface area contributed by atoms with E-state index < -0.39 is 0 Å². The Labute approximate surface area is 130 Å². The van der Waals surface area contributed by atoms with Crippen molar-refractivity contribution in [2.75, 3.05) is 25.1 Å². The number of aromatic nitrogens is 1. The van der Waals surface area contributed by atoms with E-state index in [1.807, 2.05) is 6.92 Å². The number of fused-ring (bicyclic) bond motifs is 1. The van der Waals surface area contributed by atoms with Crippen LogP contribution in [0.15, 0.2) is 0 Å². The molecule has 5 heteroatoms. The average molecular weight is 308 g/mol. The summed E-state index contributed by atoms with van der Waals surface area (Å²) in [6, 6.07) is 0. The quantitative estimate of drug-likeness (QED) is 0.782. The molecule has 1 atom stereocenters. The second-order valence-corrected chi connectivity index (χ2v) is 7.24. The molecule has 2 aliphatic rings. The summed E-state index contributed by atoms with van der Waals surface area (Å²) in [5.74, 6) is 0.588. The van der Waals surface area contributed by atoms with E-state index in [0.717, 1.165) is 42.6 Å². The number of nitrogens with zero attached hydrogens (tertiary/aromatic N) is 2. The van der Waals surface area contributed by atoms with Crippen LogP contribution in [0.3, 0.4) is 0 Å². The molecule has 21 heavy (non-hydrogen) atoms. The molecule has 2 aliphatic carbocycles. The molecule has 0 spiro atoms. The van der Waals surface area contributed by atoms with E-state index >= 15 is 0 Å². The van der Waals surface area contributed by atoms with Gasteiger partial charge in [-0.3, -0.25) is 4.79 Å². The fraction of sp³-hybridized carbons (Fsp3) is 0.750. The van der Waals surface area contributed by atoms with Crippen molar-refractivity contribution in [3.8, 4) is 0 Å². The molecule has 1 heterocycles. The topological polar surface area (TPSA) is 42.4 Å². The maximum absolute atomic E-state index is 12.1. The van der Waals surface area contributed by atoms with E-state index in [4.69, 9.17) is 9.72 Å². The molecule has 0 aromatic carbocycles. The molecule has 1 aromatic heterocycles. The highest BCUT2D eigenvalue weighted by Crippen LogP contribution is 2.39. The first-order valence-corrected chi connectivity index (χ1v) is 8.88. The zero-order chi connectivity index (χ0) is 14.8. The van der Waals surface area contributed by atoms with Gasteiger partial charge in [0.05, 0.1) is 12.3 Å². The van der Waals surface area contributed by atoms with E-state index in [0.29, 0.717) is 6.61 Å². The Morgan fingerprint density at radius 1 is 1.38 bits per heavy atom. The second kappa shape index (κ2) is 6.34. The molecule has 0 bridgehead atoms. The van der Waals surface area contributed by atoms with Crippen LogP contribution in [-0.2, 0) is 16.0 Å². The monoisotopic (exact) mass is 308 g/mol. The van der Waals surface area contributed by atoms with Crippen molar-refractivity contribution in [1.82, 2.24) is 4.98 Å². The first-order chi connectivity index (χ1) is 10.2. The highest BCUT2D eigenvalue weighted by Gasteiger charge is 2.32. The summed E-state index contributed by atoms with van der Waals surface area (Å²) < 4.78 is 5.21. The van der Waals surface area contributed by atoms with Crippen LogP contribution in [0.4, 0.5) is 5.13 Å². The number of hydrogen-bond donors (Lipinski definition) is 0. The Balaban J connectivity index is 1.75. The molecule has 0 N–H and O–H groups in total. The van der Waals surface area contributed by atoms with Gasteiger partial charge in [-0.25, -0.2) is 4.98 Å². The number of hydrogen-bond acceptors (Lipinski definition) is 5. The van der Waals surface area contributed by atoms with Crippen molar-refractivity contribution < 1.29 is 9.53 Å². The smallest absolute Gasteiger partial charge is 0.315 e. The van der Waals surface area contributed by atoms with Crippen LogP contribution in [0.2, 0.25) is 0 Å². The normalized spacial score (nSPS) is 21.5. The fourth-order valence-electron chi connectivity index (χ4n) is 3.18. The van der Waals surface area contributed by atoms with Crippen molar-refractivity contribution >= 4 is 22.4 Å². The van der Waals surface area contributed by atoms with Crippen molar-refractivity contribution in [3.05, 3.63) is 10.6 Å². The largest absolute Gasteiger partial charge is 0.465 e. The summed E-state index contributed by atoms with van der Waals surface area (Å²) in [7, 11) is 2.13. The Hall–Kier alpha value is -1.10.